The summed E-state index contributed by atoms with van der Waals surface area (Å²) in [6.45, 7) is 1.05. The van der Waals surface area contributed by atoms with Gasteiger partial charge in [0.05, 0.1) is 6.54 Å². The molecule has 3 N–H and O–H groups in total. The normalized spacial score (nSPS) is 9.60. The van der Waals surface area contributed by atoms with Crippen LogP contribution in [-0.4, -0.2) is 12.5 Å². The van der Waals surface area contributed by atoms with Gasteiger partial charge in [-0.3, -0.25) is 4.79 Å². The largest absolute Gasteiger partial charge is 0.366 e. The van der Waals surface area contributed by atoms with Crippen molar-refractivity contribution < 1.29 is 4.79 Å². The van der Waals surface area contributed by atoms with Crippen molar-refractivity contribution in [3.8, 4) is 12.3 Å². The highest BCUT2D eigenvalue weighted by molar-refractivity contribution is 6.31. The molecule has 0 radical (unpaired) electrons. The van der Waals surface area contributed by atoms with Crippen LogP contribution in [-0.2, 0) is 6.54 Å². The Morgan fingerprint density at radius 2 is 2.33 bits per heavy atom. The average Bonchev–Trinajstić information content (AvgIpc) is 2.20. The quantitative estimate of drug-likeness (QED) is 0.594. The summed E-state index contributed by atoms with van der Waals surface area (Å²) in [5, 5.41) is 3.51. The highest BCUT2D eigenvalue weighted by Gasteiger charge is 2.04. The molecule has 0 aliphatic carbocycles. The van der Waals surface area contributed by atoms with Gasteiger partial charge in [-0.15, -0.1) is 6.42 Å². The van der Waals surface area contributed by atoms with Crippen molar-refractivity contribution in [3.63, 3.8) is 0 Å². The number of nitrogens with two attached hydrogens (primary N) is 1. The number of primary amides is 1. The van der Waals surface area contributed by atoms with Gasteiger partial charge in [0.25, 0.3) is 0 Å². The van der Waals surface area contributed by atoms with Gasteiger partial charge < -0.3 is 11.1 Å². The molecule has 1 aromatic rings. The van der Waals surface area contributed by atoms with Crippen LogP contribution in [0, 0.1) is 12.3 Å². The summed E-state index contributed by atoms with van der Waals surface area (Å²) in [5.41, 5.74) is 6.40. The second kappa shape index (κ2) is 5.40. The van der Waals surface area contributed by atoms with Crippen LogP contribution in [0.1, 0.15) is 15.9 Å². The van der Waals surface area contributed by atoms with E-state index in [-0.39, 0.29) is 0 Å². The zero-order chi connectivity index (χ0) is 11.3. The van der Waals surface area contributed by atoms with Gasteiger partial charge in [0, 0.05) is 17.1 Å². The number of halogens is 1. The monoisotopic (exact) mass is 222 g/mol. The molecule has 1 amide bonds. The van der Waals surface area contributed by atoms with E-state index in [1.807, 2.05) is 0 Å². The molecule has 1 rings (SSSR count). The van der Waals surface area contributed by atoms with Crippen LogP contribution in [0.5, 0.6) is 0 Å². The molecule has 0 atom stereocenters. The maximum absolute atomic E-state index is 10.8. The zero-order valence-electron chi connectivity index (χ0n) is 8.09. The van der Waals surface area contributed by atoms with E-state index in [9.17, 15) is 4.79 Å². The Morgan fingerprint density at radius 3 is 2.87 bits per heavy atom. The minimum absolute atomic E-state index is 0.403. The molecular weight excluding hydrogens is 212 g/mol. The van der Waals surface area contributed by atoms with Crippen molar-refractivity contribution >= 4 is 17.5 Å². The maximum Gasteiger partial charge on any atom is 0.248 e. The summed E-state index contributed by atoms with van der Waals surface area (Å²) in [4.78, 5) is 10.8. The number of terminal acetylenes is 1. The van der Waals surface area contributed by atoms with Crippen molar-refractivity contribution in [1.82, 2.24) is 5.32 Å². The number of hydrogen-bond acceptors (Lipinski definition) is 2. The molecule has 15 heavy (non-hydrogen) atoms. The molecule has 0 saturated carbocycles. The van der Waals surface area contributed by atoms with Crippen molar-refractivity contribution in [2.75, 3.05) is 6.54 Å². The molecule has 4 heteroatoms. The van der Waals surface area contributed by atoms with Crippen LogP contribution in [0.15, 0.2) is 18.2 Å². The number of benzene rings is 1. The van der Waals surface area contributed by atoms with Crippen molar-refractivity contribution in [3.05, 3.63) is 34.3 Å². The Labute approximate surface area is 93.6 Å². The lowest BCUT2D eigenvalue weighted by molar-refractivity contribution is 0.100. The van der Waals surface area contributed by atoms with Gasteiger partial charge in [-0.25, -0.2) is 0 Å². The molecule has 0 spiro atoms. The second-order valence-corrected chi connectivity index (χ2v) is 3.39. The maximum atomic E-state index is 10.8. The number of rotatable bonds is 4. The van der Waals surface area contributed by atoms with Crippen LogP contribution in [0.4, 0.5) is 0 Å². The topological polar surface area (TPSA) is 55.1 Å². The summed E-state index contributed by atoms with van der Waals surface area (Å²) in [6.07, 6.45) is 5.09. The van der Waals surface area contributed by atoms with Gasteiger partial charge >= 0.3 is 0 Å². The summed E-state index contributed by atoms with van der Waals surface area (Å²) in [5.74, 6) is 1.97. The number of nitrogens with one attached hydrogen (secondary N) is 1. The van der Waals surface area contributed by atoms with E-state index in [1.165, 1.54) is 0 Å². The second-order valence-electron chi connectivity index (χ2n) is 2.98. The lowest BCUT2D eigenvalue weighted by atomic mass is 10.1. The fourth-order valence-electron chi connectivity index (χ4n) is 1.11. The predicted molar refractivity (Wildman–Crippen MR) is 60.5 cm³/mol. The van der Waals surface area contributed by atoms with Gasteiger partial charge in [0.2, 0.25) is 5.91 Å². The summed E-state index contributed by atoms with van der Waals surface area (Å²) in [7, 11) is 0. The Morgan fingerprint density at radius 1 is 1.60 bits per heavy atom. The Balaban J connectivity index is 2.76. The third-order valence-electron chi connectivity index (χ3n) is 1.88. The zero-order valence-corrected chi connectivity index (χ0v) is 8.84. The molecule has 3 nitrogen and oxygen atoms in total. The fraction of sp³-hybridized carbons (Fsp3) is 0.182. The van der Waals surface area contributed by atoms with Crippen molar-refractivity contribution in [1.29, 1.82) is 0 Å². The minimum Gasteiger partial charge on any atom is -0.366 e. The standard InChI is InChI=1S/C11H11ClN2O/c1-2-5-14-7-9-4-3-8(11(13)15)6-10(9)12/h1,3-4,6,14H,5,7H2,(H2,13,15). The van der Waals surface area contributed by atoms with E-state index in [0.717, 1.165) is 5.56 Å². The molecule has 0 aliphatic rings. The molecule has 1 aromatic carbocycles. The van der Waals surface area contributed by atoms with E-state index in [0.29, 0.717) is 23.7 Å². The van der Waals surface area contributed by atoms with Gasteiger partial charge in [-0.1, -0.05) is 23.6 Å². The van der Waals surface area contributed by atoms with Gasteiger partial charge in [0.1, 0.15) is 0 Å². The highest BCUT2D eigenvalue weighted by atomic mass is 35.5. The molecule has 78 valence electrons. The first kappa shape index (κ1) is 11.6. The van der Waals surface area contributed by atoms with Crippen LogP contribution in [0.2, 0.25) is 5.02 Å². The summed E-state index contributed by atoms with van der Waals surface area (Å²) in [6, 6.07) is 4.95. The van der Waals surface area contributed by atoms with Gasteiger partial charge in [-0.2, -0.15) is 0 Å². The molecule has 0 heterocycles. The first-order valence-corrected chi connectivity index (χ1v) is 4.75. The first-order valence-electron chi connectivity index (χ1n) is 4.37. The average molecular weight is 223 g/mol. The van der Waals surface area contributed by atoms with E-state index in [2.05, 4.69) is 11.2 Å². The van der Waals surface area contributed by atoms with Crippen molar-refractivity contribution in [2.24, 2.45) is 5.73 Å². The number of amides is 1. The Bertz CT molecular complexity index is 410. The Hall–Kier alpha value is -1.50. The van der Waals surface area contributed by atoms with Crippen molar-refractivity contribution in [2.45, 2.75) is 6.54 Å². The molecule has 0 fully saturated rings. The third kappa shape index (κ3) is 3.28. The van der Waals surface area contributed by atoms with Crippen LogP contribution in [0.25, 0.3) is 0 Å². The van der Waals surface area contributed by atoms with E-state index in [1.54, 1.807) is 18.2 Å². The van der Waals surface area contributed by atoms with Crippen LogP contribution >= 0.6 is 11.6 Å². The third-order valence-corrected chi connectivity index (χ3v) is 2.23. The highest BCUT2D eigenvalue weighted by Crippen LogP contribution is 2.17. The minimum atomic E-state index is -0.486. The summed E-state index contributed by atoms with van der Waals surface area (Å²) >= 11 is 5.95. The van der Waals surface area contributed by atoms with E-state index >= 15 is 0 Å². The lowest BCUT2D eigenvalue weighted by Gasteiger charge is -2.05. The molecule has 0 unspecified atom stereocenters. The number of hydrogen-bond donors (Lipinski definition) is 2. The smallest absolute Gasteiger partial charge is 0.248 e. The van der Waals surface area contributed by atoms with Gasteiger partial charge in [-0.05, 0) is 17.7 Å². The predicted octanol–water partition coefficient (Wildman–Crippen LogP) is 1.16. The SMILES string of the molecule is C#CCNCc1ccc(C(N)=O)cc1Cl. The van der Waals surface area contributed by atoms with E-state index < -0.39 is 5.91 Å². The van der Waals surface area contributed by atoms with Crippen LogP contribution in [0.3, 0.4) is 0 Å². The first-order chi connectivity index (χ1) is 7.15. The van der Waals surface area contributed by atoms with Crippen LogP contribution < -0.4 is 11.1 Å². The molecule has 0 saturated heterocycles. The molecular formula is C11H11ClN2O. The van der Waals surface area contributed by atoms with E-state index in [4.69, 9.17) is 23.8 Å². The molecule has 0 aromatic heterocycles. The fourth-order valence-corrected chi connectivity index (χ4v) is 1.36. The molecule has 0 aliphatic heterocycles. The van der Waals surface area contributed by atoms with Gasteiger partial charge in [0.15, 0.2) is 0 Å². The number of carbonyl (C=O) groups excluding carboxylic acids is 1. The lowest BCUT2D eigenvalue weighted by Crippen LogP contribution is -2.14. The molecule has 0 bridgehead atoms. The number of carbonyl (C=O) groups is 1. The summed E-state index contributed by atoms with van der Waals surface area (Å²) < 4.78 is 0. The Kier molecular flexibility index (Phi) is 4.17.